The third kappa shape index (κ3) is 5.63. The Morgan fingerprint density at radius 2 is 2.10 bits per heavy atom. The van der Waals surface area contributed by atoms with Gasteiger partial charge in [-0.15, -0.1) is 0 Å². The Morgan fingerprint density at radius 3 is 2.62 bits per heavy atom. The zero-order valence-electron chi connectivity index (χ0n) is 12.0. The molecule has 4 nitrogen and oxygen atoms in total. The Labute approximate surface area is 121 Å². The standard InChI is InChI=1S/C14H19F3N2O2/c1-9(18)4-3-5-13(20)19-12-7-6-10(21-2)8-11(12)14(15,16)17/h6-9H,3-5,18H2,1-2H3,(H,19,20). The minimum absolute atomic E-state index is 0.0375. The molecule has 7 heteroatoms. The van der Waals surface area contributed by atoms with Crippen LogP contribution in [0.4, 0.5) is 18.9 Å². The number of hydrogen-bond acceptors (Lipinski definition) is 3. The quantitative estimate of drug-likeness (QED) is 0.848. The molecule has 21 heavy (non-hydrogen) atoms. The third-order valence-corrected chi connectivity index (χ3v) is 2.87. The number of halogens is 3. The summed E-state index contributed by atoms with van der Waals surface area (Å²) in [6, 6.07) is 3.37. The van der Waals surface area contributed by atoms with E-state index in [1.807, 2.05) is 6.92 Å². The Bertz CT molecular complexity index is 488. The van der Waals surface area contributed by atoms with Gasteiger partial charge in [0, 0.05) is 12.5 Å². The maximum Gasteiger partial charge on any atom is 0.418 e. The zero-order chi connectivity index (χ0) is 16.0. The predicted octanol–water partition coefficient (Wildman–Crippen LogP) is 3.17. The maximum absolute atomic E-state index is 12.9. The summed E-state index contributed by atoms with van der Waals surface area (Å²) in [5.41, 5.74) is 4.35. The van der Waals surface area contributed by atoms with Gasteiger partial charge in [0.2, 0.25) is 5.91 Å². The normalized spacial score (nSPS) is 12.9. The highest BCUT2D eigenvalue weighted by atomic mass is 19.4. The topological polar surface area (TPSA) is 64.3 Å². The minimum atomic E-state index is -4.57. The fourth-order valence-corrected chi connectivity index (χ4v) is 1.79. The number of alkyl halides is 3. The van der Waals surface area contributed by atoms with E-state index in [2.05, 4.69) is 5.32 Å². The molecule has 0 aromatic heterocycles. The van der Waals surface area contributed by atoms with Gasteiger partial charge in [-0.3, -0.25) is 4.79 Å². The van der Waals surface area contributed by atoms with Gasteiger partial charge in [0.1, 0.15) is 5.75 Å². The van der Waals surface area contributed by atoms with Crippen molar-refractivity contribution in [3.8, 4) is 5.75 Å². The average molecular weight is 304 g/mol. The lowest BCUT2D eigenvalue weighted by molar-refractivity contribution is -0.137. The summed E-state index contributed by atoms with van der Waals surface area (Å²) >= 11 is 0. The third-order valence-electron chi connectivity index (χ3n) is 2.87. The number of rotatable bonds is 6. The summed E-state index contributed by atoms with van der Waals surface area (Å²) in [7, 11) is 1.28. The first-order valence-corrected chi connectivity index (χ1v) is 6.54. The van der Waals surface area contributed by atoms with Gasteiger partial charge in [-0.1, -0.05) is 0 Å². The van der Waals surface area contributed by atoms with Gasteiger partial charge in [0.05, 0.1) is 18.4 Å². The number of carbonyl (C=O) groups excluding carboxylic acids is 1. The van der Waals surface area contributed by atoms with E-state index in [-0.39, 0.29) is 23.9 Å². The number of nitrogens with two attached hydrogens (primary N) is 1. The van der Waals surface area contributed by atoms with Crippen molar-refractivity contribution in [1.82, 2.24) is 0 Å². The molecule has 0 spiro atoms. The van der Waals surface area contributed by atoms with E-state index < -0.39 is 17.6 Å². The predicted molar refractivity (Wildman–Crippen MR) is 74.1 cm³/mol. The number of methoxy groups -OCH3 is 1. The molecule has 118 valence electrons. The van der Waals surface area contributed by atoms with Crippen LogP contribution < -0.4 is 15.8 Å². The van der Waals surface area contributed by atoms with Crippen molar-refractivity contribution >= 4 is 11.6 Å². The molecule has 1 rings (SSSR count). The molecule has 1 atom stereocenters. The van der Waals surface area contributed by atoms with Crippen LogP contribution in [0.2, 0.25) is 0 Å². The van der Waals surface area contributed by atoms with Crippen molar-refractivity contribution in [2.75, 3.05) is 12.4 Å². The summed E-state index contributed by atoms with van der Waals surface area (Å²) in [5.74, 6) is -0.386. The highest BCUT2D eigenvalue weighted by Gasteiger charge is 2.34. The van der Waals surface area contributed by atoms with Crippen LogP contribution in [0.1, 0.15) is 31.7 Å². The van der Waals surface area contributed by atoms with Crippen LogP contribution >= 0.6 is 0 Å². The Morgan fingerprint density at radius 1 is 1.43 bits per heavy atom. The fourth-order valence-electron chi connectivity index (χ4n) is 1.79. The molecular formula is C14H19F3N2O2. The van der Waals surface area contributed by atoms with Crippen molar-refractivity contribution in [3.63, 3.8) is 0 Å². The first kappa shape index (κ1) is 17.3. The number of carbonyl (C=O) groups is 1. The van der Waals surface area contributed by atoms with E-state index in [9.17, 15) is 18.0 Å². The second-order valence-electron chi connectivity index (χ2n) is 4.83. The van der Waals surface area contributed by atoms with Crippen molar-refractivity contribution in [2.24, 2.45) is 5.73 Å². The van der Waals surface area contributed by atoms with Crippen molar-refractivity contribution in [2.45, 2.75) is 38.4 Å². The zero-order valence-corrected chi connectivity index (χ0v) is 12.0. The molecular weight excluding hydrogens is 285 g/mol. The van der Waals surface area contributed by atoms with E-state index >= 15 is 0 Å². The summed E-state index contributed by atoms with van der Waals surface area (Å²) in [5, 5.41) is 2.29. The number of ether oxygens (including phenoxy) is 1. The molecule has 1 amide bonds. The van der Waals surface area contributed by atoms with Crippen molar-refractivity contribution in [3.05, 3.63) is 23.8 Å². The van der Waals surface area contributed by atoms with Gasteiger partial charge >= 0.3 is 6.18 Å². The van der Waals surface area contributed by atoms with Gasteiger partial charge in [0.25, 0.3) is 0 Å². The van der Waals surface area contributed by atoms with E-state index in [0.29, 0.717) is 12.8 Å². The molecule has 0 radical (unpaired) electrons. The first-order chi connectivity index (χ1) is 9.74. The molecule has 1 aromatic carbocycles. The van der Waals surface area contributed by atoms with E-state index in [4.69, 9.17) is 10.5 Å². The van der Waals surface area contributed by atoms with E-state index in [1.165, 1.54) is 19.2 Å². The molecule has 0 saturated carbocycles. The largest absolute Gasteiger partial charge is 0.497 e. The number of hydrogen-bond donors (Lipinski definition) is 2. The summed E-state index contributed by atoms with van der Waals surface area (Å²) in [6.45, 7) is 1.81. The summed E-state index contributed by atoms with van der Waals surface area (Å²) < 4.78 is 43.6. The number of anilines is 1. The highest BCUT2D eigenvalue weighted by molar-refractivity contribution is 5.91. The van der Waals surface area contributed by atoms with Crippen LogP contribution in [-0.4, -0.2) is 19.1 Å². The van der Waals surface area contributed by atoms with Gasteiger partial charge in [-0.25, -0.2) is 0 Å². The second-order valence-corrected chi connectivity index (χ2v) is 4.83. The maximum atomic E-state index is 12.9. The van der Waals surface area contributed by atoms with Crippen LogP contribution in [0, 0.1) is 0 Å². The lowest BCUT2D eigenvalue weighted by Gasteiger charge is -2.15. The molecule has 3 N–H and O–H groups in total. The van der Waals surface area contributed by atoms with Crippen LogP contribution in [0.5, 0.6) is 5.75 Å². The van der Waals surface area contributed by atoms with Crippen LogP contribution in [-0.2, 0) is 11.0 Å². The molecule has 0 aliphatic rings. The summed E-state index contributed by atoms with van der Waals surface area (Å²) in [4.78, 5) is 11.7. The highest BCUT2D eigenvalue weighted by Crippen LogP contribution is 2.37. The molecule has 0 saturated heterocycles. The molecule has 1 unspecified atom stereocenters. The fraction of sp³-hybridized carbons (Fsp3) is 0.500. The molecule has 1 aromatic rings. The molecule has 0 fully saturated rings. The monoisotopic (exact) mass is 304 g/mol. The molecule has 0 heterocycles. The number of benzene rings is 1. The van der Waals surface area contributed by atoms with Crippen LogP contribution in [0.3, 0.4) is 0 Å². The van der Waals surface area contributed by atoms with Gasteiger partial charge < -0.3 is 15.8 Å². The second kappa shape index (κ2) is 7.31. The minimum Gasteiger partial charge on any atom is -0.497 e. The Balaban J connectivity index is 2.80. The smallest absolute Gasteiger partial charge is 0.418 e. The number of nitrogens with one attached hydrogen (secondary N) is 1. The first-order valence-electron chi connectivity index (χ1n) is 6.54. The van der Waals surface area contributed by atoms with Crippen molar-refractivity contribution in [1.29, 1.82) is 0 Å². The SMILES string of the molecule is COc1ccc(NC(=O)CCCC(C)N)c(C(F)(F)F)c1. The van der Waals surface area contributed by atoms with Crippen molar-refractivity contribution < 1.29 is 22.7 Å². The van der Waals surface area contributed by atoms with Gasteiger partial charge in [-0.05, 0) is 38.0 Å². The average Bonchev–Trinajstić information content (AvgIpc) is 2.37. The van der Waals surface area contributed by atoms with E-state index in [1.54, 1.807) is 0 Å². The molecule has 0 aliphatic heterocycles. The van der Waals surface area contributed by atoms with Crippen LogP contribution in [0.15, 0.2) is 18.2 Å². The molecule has 0 bridgehead atoms. The lowest BCUT2D eigenvalue weighted by Crippen LogP contribution is -2.18. The van der Waals surface area contributed by atoms with Gasteiger partial charge in [0.15, 0.2) is 0 Å². The Hall–Kier alpha value is -1.76. The number of amides is 1. The molecule has 0 aliphatic carbocycles. The van der Waals surface area contributed by atoms with E-state index in [0.717, 1.165) is 6.07 Å². The van der Waals surface area contributed by atoms with Crippen LogP contribution in [0.25, 0.3) is 0 Å². The van der Waals surface area contributed by atoms with Gasteiger partial charge in [-0.2, -0.15) is 13.2 Å². The lowest BCUT2D eigenvalue weighted by atomic mass is 10.1. The Kier molecular flexibility index (Phi) is 6.02. The summed E-state index contributed by atoms with van der Waals surface area (Å²) in [6.07, 6.45) is -3.27.